The van der Waals surface area contributed by atoms with E-state index < -0.39 is 5.92 Å². The highest BCUT2D eigenvalue weighted by Crippen LogP contribution is 2.29. The number of carbonyl (C=O) groups excluding carboxylic acids is 1. The van der Waals surface area contributed by atoms with E-state index in [9.17, 15) is 4.79 Å². The highest BCUT2D eigenvalue weighted by atomic mass is 35.5. The number of hydrazone groups is 1. The van der Waals surface area contributed by atoms with Crippen molar-refractivity contribution < 1.29 is 13.9 Å². The van der Waals surface area contributed by atoms with Crippen molar-refractivity contribution in [3.05, 3.63) is 64.4 Å². The second-order valence-corrected chi connectivity index (χ2v) is 9.43. The van der Waals surface area contributed by atoms with Gasteiger partial charge in [-0.25, -0.2) is 0 Å². The van der Waals surface area contributed by atoms with Gasteiger partial charge in [-0.3, -0.25) is 19.7 Å². The number of nitrogens with zero attached hydrogens (tertiary/aromatic N) is 4. The summed E-state index contributed by atoms with van der Waals surface area (Å²) in [6, 6.07) is 13.5. The van der Waals surface area contributed by atoms with E-state index in [2.05, 4.69) is 24.3 Å². The quantitative estimate of drug-likeness (QED) is 0.489. The molecule has 1 saturated heterocycles. The molecule has 0 bridgehead atoms. The second kappa shape index (κ2) is 10.7. The zero-order chi connectivity index (χ0) is 25.1. The normalized spacial score (nSPS) is 18.8. The van der Waals surface area contributed by atoms with Gasteiger partial charge in [0.2, 0.25) is 11.9 Å². The molecule has 3 heterocycles. The zero-order valence-corrected chi connectivity index (χ0v) is 21.3. The van der Waals surface area contributed by atoms with E-state index in [1.807, 2.05) is 47.5 Å². The van der Waals surface area contributed by atoms with Crippen molar-refractivity contribution in [3.63, 3.8) is 0 Å². The Balaban J connectivity index is 1.41. The molecule has 188 valence electrons. The fourth-order valence-corrected chi connectivity index (χ4v) is 4.58. The Morgan fingerprint density at radius 2 is 1.97 bits per heavy atom. The standard InChI is InChI=1S/C27H30ClN5O3/c1-3-24-18(2)23-14-22(8-9-25(23)36-24)31-27-29-15-20(16-30-32-10-12-35-13-11-32)26(34)33(27)17-19-4-6-21(28)7-5-19/h4-9,14,16,20H,3,10-13,15,17H2,1-2H3,(H,29,31)/b30-16+. The smallest absolute Gasteiger partial charge is 0.240 e. The average molecular weight is 508 g/mol. The van der Waals surface area contributed by atoms with Crippen LogP contribution in [0.1, 0.15) is 23.8 Å². The number of rotatable bonds is 6. The lowest BCUT2D eigenvalue weighted by atomic mass is 10.1. The molecule has 0 radical (unpaired) electrons. The van der Waals surface area contributed by atoms with Crippen molar-refractivity contribution >= 4 is 46.3 Å². The van der Waals surface area contributed by atoms with E-state index >= 15 is 0 Å². The highest BCUT2D eigenvalue weighted by molar-refractivity contribution is 6.30. The van der Waals surface area contributed by atoms with Crippen molar-refractivity contribution in [2.24, 2.45) is 16.0 Å². The minimum Gasteiger partial charge on any atom is -0.461 e. The fraction of sp³-hybridized carbons (Fsp3) is 0.370. The van der Waals surface area contributed by atoms with Crippen LogP contribution in [0.25, 0.3) is 11.0 Å². The number of carbonyl (C=O) groups is 1. The van der Waals surface area contributed by atoms with E-state index in [1.54, 1.807) is 11.1 Å². The van der Waals surface area contributed by atoms with Gasteiger partial charge >= 0.3 is 0 Å². The third-order valence-corrected chi connectivity index (χ3v) is 6.79. The van der Waals surface area contributed by atoms with Gasteiger partial charge in [0.1, 0.15) is 11.3 Å². The number of furan rings is 1. The van der Waals surface area contributed by atoms with Gasteiger partial charge in [0.25, 0.3) is 0 Å². The minimum absolute atomic E-state index is 0.0479. The molecule has 0 aliphatic carbocycles. The number of hydrogen-bond acceptors (Lipinski definition) is 7. The number of nitrogens with one attached hydrogen (secondary N) is 1. The molecule has 1 N–H and O–H groups in total. The molecule has 1 aromatic heterocycles. The molecule has 1 atom stereocenters. The Morgan fingerprint density at radius 3 is 2.72 bits per heavy atom. The third-order valence-electron chi connectivity index (χ3n) is 6.54. The number of halogens is 1. The van der Waals surface area contributed by atoms with Crippen LogP contribution in [-0.2, 0) is 22.5 Å². The maximum absolute atomic E-state index is 13.6. The van der Waals surface area contributed by atoms with E-state index in [1.165, 1.54) is 0 Å². The summed E-state index contributed by atoms with van der Waals surface area (Å²) in [5.74, 6) is 1.02. The monoisotopic (exact) mass is 507 g/mol. The molecule has 8 nitrogen and oxygen atoms in total. The zero-order valence-electron chi connectivity index (χ0n) is 20.5. The molecule has 9 heteroatoms. The number of benzene rings is 2. The molecule has 0 spiro atoms. The van der Waals surface area contributed by atoms with Gasteiger partial charge < -0.3 is 14.5 Å². The number of hydrogen-bond donors (Lipinski definition) is 1. The minimum atomic E-state index is -0.434. The number of aryl methyl sites for hydroxylation is 2. The van der Waals surface area contributed by atoms with Gasteiger partial charge in [0, 0.05) is 28.7 Å². The maximum Gasteiger partial charge on any atom is 0.240 e. The van der Waals surface area contributed by atoms with Crippen LogP contribution in [-0.4, -0.2) is 60.8 Å². The summed E-state index contributed by atoms with van der Waals surface area (Å²) in [6.45, 7) is 7.59. The van der Waals surface area contributed by atoms with Crippen molar-refractivity contribution in [1.82, 2.24) is 9.91 Å². The lowest BCUT2D eigenvalue weighted by Gasteiger charge is -2.31. The van der Waals surface area contributed by atoms with Crippen molar-refractivity contribution in [2.45, 2.75) is 26.8 Å². The first kappa shape index (κ1) is 24.3. The molecule has 2 aliphatic rings. The van der Waals surface area contributed by atoms with Crippen LogP contribution >= 0.6 is 11.6 Å². The summed E-state index contributed by atoms with van der Waals surface area (Å²) in [5, 5.41) is 11.6. The van der Waals surface area contributed by atoms with E-state index in [-0.39, 0.29) is 5.91 Å². The summed E-state index contributed by atoms with van der Waals surface area (Å²) < 4.78 is 11.3. The lowest BCUT2D eigenvalue weighted by Crippen LogP contribution is -2.48. The van der Waals surface area contributed by atoms with Crippen molar-refractivity contribution in [3.8, 4) is 0 Å². The van der Waals surface area contributed by atoms with E-state index in [0.717, 1.165) is 53.1 Å². The third kappa shape index (κ3) is 5.24. The van der Waals surface area contributed by atoms with E-state index in [4.69, 9.17) is 25.7 Å². The molecule has 2 aliphatic heterocycles. The maximum atomic E-state index is 13.6. The van der Waals surface area contributed by atoms with Crippen LogP contribution in [0.3, 0.4) is 0 Å². The van der Waals surface area contributed by atoms with Crippen molar-refractivity contribution in [2.75, 3.05) is 38.2 Å². The van der Waals surface area contributed by atoms with Crippen LogP contribution < -0.4 is 5.32 Å². The molecule has 1 fully saturated rings. The summed E-state index contributed by atoms with van der Waals surface area (Å²) in [6.07, 6.45) is 2.56. The number of guanidine groups is 1. The number of morpholine rings is 1. The fourth-order valence-electron chi connectivity index (χ4n) is 4.46. The topological polar surface area (TPSA) is 82.7 Å². The van der Waals surface area contributed by atoms with Crippen LogP contribution in [0.15, 0.2) is 57.0 Å². The molecule has 3 aromatic rings. The van der Waals surface area contributed by atoms with Crippen molar-refractivity contribution in [1.29, 1.82) is 0 Å². The Kier molecular flexibility index (Phi) is 7.25. The van der Waals surface area contributed by atoms with Crippen LogP contribution in [0.5, 0.6) is 0 Å². The largest absolute Gasteiger partial charge is 0.461 e. The predicted octanol–water partition coefficient (Wildman–Crippen LogP) is 4.70. The Labute approximate surface area is 215 Å². The Morgan fingerprint density at radius 1 is 1.19 bits per heavy atom. The molecular formula is C27H30ClN5O3. The lowest BCUT2D eigenvalue weighted by molar-refractivity contribution is -0.130. The average Bonchev–Trinajstić information content (AvgIpc) is 3.22. The molecule has 1 unspecified atom stereocenters. The van der Waals surface area contributed by atoms with Crippen LogP contribution in [0.4, 0.5) is 5.69 Å². The summed E-state index contributed by atoms with van der Waals surface area (Å²) in [5.41, 5.74) is 3.80. The highest BCUT2D eigenvalue weighted by Gasteiger charge is 2.31. The Hall–Kier alpha value is -3.36. The number of amides is 1. The first-order valence-corrected chi connectivity index (χ1v) is 12.7. The number of fused-ring (bicyclic) bond motifs is 1. The SMILES string of the molecule is CCc1oc2ccc(NC3=NCC(/C=N/N4CCOCC4)C(=O)N3Cc3ccc(Cl)cc3)cc2c1C. The second-order valence-electron chi connectivity index (χ2n) is 8.99. The first-order chi connectivity index (χ1) is 17.5. The van der Waals surface area contributed by atoms with E-state index in [0.29, 0.717) is 37.3 Å². The molecule has 5 rings (SSSR count). The summed E-state index contributed by atoms with van der Waals surface area (Å²) >= 11 is 6.07. The van der Waals surface area contributed by atoms with Gasteiger partial charge in [-0.05, 0) is 48.4 Å². The molecule has 36 heavy (non-hydrogen) atoms. The molecule has 0 saturated carbocycles. The number of ether oxygens (including phenoxy) is 1. The summed E-state index contributed by atoms with van der Waals surface area (Å²) in [7, 11) is 0. The van der Waals surface area contributed by atoms with Crippen LogP contribution in [0.2, 0.25) is 5.02 Å². The molecule has 2 aromatic carbocycles. The molecule has 1 amide bonds. The van der Waals surface area contributed by atoms with Gasteiger partial charge in [-0.2, -0.15) is 5.10 Å². The van der Waals surface area contributed by atoms with Gasteiger partial charge in [0.05, 0.1) is 45.3 Å². The molecular weight excluding hydrogens is 478 g/mol. The predicted molar refractivity (Wildman–Crippen MR) is 143 cm³/mol. The first-order valence-electron chi connectivity index (χ1n) is 12.3. The van der Waals surface area contributed by atoms with Gasteiger partial charge in [-0.1, -0.05) is 30.7 Å². The van der Waals surface area contributed by atoms with Gasteiger partial charge in [0.15, 0.2) is 0 Å². The number of anilines is 1. The number of aliphatic imine (C=N–C) groups is 1. The van der Waals surface area contributed by atoms with Gasteiger partial charge in [-0.15, -0.1) is 0 Å². The summed E-state index contributed by atoms with van der Waals surface area (Å²) in [4.78, 5) is 20.1. The van der Waals surface area contributed by atoms with Crippen LogP contribution in [0, 0.1) is 12.8 Å². The Bertz CT molecular complexity index is 1290.